The largest absolute Gasteiger partial charge is 0.368 e. The van der Waals surface area contributed by atoms with Gasteiger partial charge < -0.3 is 15.1 Å². The number of benzene rings is 3. The summed E-state index contributed by atoms with van der Waals surface area (Å²) < 4.78 is 4.09. The lowest BCUT2D eigenvalue weighted by molar-refractivity contribution is -0.0127. The smallest absolute Gasteiger partial charge is 0.333 e. The normalized spacial score (nSPS) is 17.8. The summed E-state index contributed by atoms with van der Waals surface area (Å²) in [7, 11) is 2.18. The molecule has 12 heteroatoms. The van der Waals surface area contributed by atoms with Crippen LogP contribution < -0.4 is 15.9 Å². The second-order valence-electron chi connectivity index (χ2n) is 14.0. The van der Waals surface area contributed by atoms with Gasteiger partial charge in [-0.1, -0.05) is 40.2 Å². The number of hydrogen-bond acceptors (Lipinski definition) is 7. The predicted molar refractivity (Wildman–Crippen MR) is 199 cm³/mol. The standard InChI is InChI=1S/C39H39BrN8O3/c1-25-18-27(8-13-32(25)40)37(50)46-21-34-35(36(49)42-19-28-6-4-5-7-31(28)33-14-16-41-24-43-33)48(38(51)47(34)20-26(46)2)30-11-9-29(10-12-30)45-22-39(23-45)15-17-44(39)3/h4-14,16,18,24,26H,15,17,19-23H2,1-3H3,(H,42,49)/t26-/m0/s1. The highest BCUT2D eigenvalue weighted by atomic mass is 79.9. The van der Waals surface area contributed by atoms with Crippen LogP contribution in [-0.4, -0.2) is 79.0 Å². The molecule has 1 spiro atoms. The molecule has 1 atom stereocenters. The van der Waals surface area contributed by atoms with Gasteiger partial charge in [-0.15, -0.1) is 0 Å². The zero-order valence-electron chi connectivity index (χ0n) is 28.8. The van der Waals surface area contributed by atoms with Crippen LogP contribution in [0.25, 0.3) is 16.9 Å². The molecule has 0 unspecified atom stereocenters. The monoisotopic (exact) mass is 746 g/mol. The summed E-state index contributed by atoms with van der Waals surface area (Å²) in [4.78, 5) is 57.6. The van der Waals surface area contributed by atoms with Crippen LogP contribution >= 0.6 is 15.9 Å². The molecule has 1 N–H and O–H groups in total. The number of imidazole rings is 1. The van der Waals surface area contributed by atoms with Crippen molar-refractivity contribution in [3.8, 4) is 16.9 Å². The molecule has 0 saturated carbocycles. The van der Waals surface area contributed by atoms with Gasteiger partial charge in [0, 0.05) is 66.2 Å². The fraction of sp³-hybridized carbons (Fsp3) is 0.308. The van der Waals surface area contributed by atoms with Crippen LogP contribution in [0.5, 0.6) is 0 Å². The van der Waals surface area contributed by atoms with Crippen molar-refractivity contribution in [2.75, 3.05) is 31.6 Å². The summed E-state index contributed by atoms with van der Waals surface area (Å²) in [5, 5.41) is 3.10. The summed E-state index contributed by atoms with van der Waals surface area (Å²) in [6.07, 6.45) is 4.40. The van der Waals surface area contributed by atoms with Crippen LogP contribution in [0, 0.1) is 6.92 Å². The Kier molecular flexibility index (Phi) is 8.38. The number of anilines is 1. The number of likely N-dealkylation sites (N-methyl/N-ethyl adjacent to an activating group) is 1. The molecule has 0 aliphatic carbocycles. The minimum Gasteiger partial charge on any atom is -0.368 e. The zero-order valence-corrected chi connectivity index (χ0v) is 30.4. The van der Waals surface area contributed by atoms with Gasteiger partial charge >= 0.3 is 5.69 Å². The SMILES string of the molecule is Cc1cc(C(=O)N2Cc3c(C(=O)NCc4ccccc4-c4ccncn4)n(-c4ccc(N5CC6(CCN6C)C5)cc4)c(=O)n3C[C@@H]2C)ccc1Br. The van der Waals surface area contributed by atoms with Crippen molar-refractivity contribution in [3.63, 3.8) is 0 Å². The summed E-state index contributed by atoms with van der Waals surface area (Å²) in [6, 6.07) is 22.7. The molecule has 51 heavy (non-hydrogen) atoms. The van der Waals surface area contributed by atoms with Crippen LogP contribution in [0.3, 0.4) is 0 Å². The van der Waals surface area contributed by atoms with E-state index in [1.54, 1.807) is 21.7 Å². The number of carbonyl (C=O) groups excluding carboxylic acids is 2. The lowest BCUT2D eigenvalue weighted by Gasteiger charge is -2.62. The molecule has 3 aliphatic rings. The van der Waals surface area contributed by atoms with Crippen molar-refractivity contribution in [1.29, 1.82) is 0 Å². The molecule has 2 saturated heterocycles. The molecular formula is C39H39BrN8O3. The molecule has 2 fully saturated rings. The van der Waals surface area contributed by atoms with Gasteiger partial charge in [0.05, 0.1) is 29.2 Å². The van der Waals surface area contributed by atoms with Gasteiger partial charge in [0.1, 0.15) is 12.0 Å². The summed E-state index contributed by atoms with van der Waals surface area (Å²) in [5.41, 5.74) is 6.40. The minimum atomic E-state index is -0.401. The molecule has 0 radical (unpaired) electrons. The second kappa shape index (κ2) is 12.9. The van der Waals surface area contributed by atoms with E-state index >= 15 is 0 Å². The van der Waals surface area contributed by atoms with Crippen molar-refractivity contribution < 1.29 is 9.59 Å². The number of fused-ring (bicyclic) bond motifs is 1. The molecule has 8 rings (SSSR count). The Morgan fingerprint density at radius 1 is 1.02 bits per heavy atom. The van der Waals surface area contributed by atoms with Crippen molar-refractivity contribution >= 4 is 33.4 Å². The molecular weight excluding hydrogens is 708 g/mol. The number of nitrogens with one attached hydrogen (secondary N) is 1. The molecule has 3 aromatic carbocycles. The summed E-state index contributed by atoms with van der Waals surface area (Å²) in [5.74, 6) is -0.551. The van der Waals surface area contributed by atoms with E-state index in [9.17, 15) is 14.4 Å². The third-order valence-corrected chi connectivity index (χ3v) is 11.8. The average molecular weight is 748 g/mol. The van der Waals surface area contributed by atoms with E-state index < -0.39 is 5.91 Å². The fourth-order valence-electron chi connectivity index (χ4n) is 7.65. The molecule has 11 nitrogen and oxygen atoms in total. The maximum absolute atomic E-state index is 14.4. The van der Waals surface area contributed by atoms with Gasteiger partial charge in [-0.3, -0.25) is 23.6 Å². The van der Waals surface area contributed by atoms with Gasteiger partial charge in [-0.05, 0) is 87.0 Å². The van der Waals surface area contributed by atoms with Gasteiger partial charge in [0.2, 0.25) is 0 Å². The predicted octanol–water partition coefficient (Wildman–Crippen LogP) is 5.04. The van der Waals surface area contributed by atoms with E-state index in [0.29, 0.717) is 16.9 Å². The van der Waals surface area contributed by atoms with E-state index in [1.165, 1.54) is 17.3 Å². The topological polar surface area (TPSA) is 109 Å². The Balaban J connectivity index is 1.14. The van der Waals surface area contributed by atoms with Gasteiger partial charge in [-0.25, -0.2) is 14.8 Å². The fourth-order valence-corrected chi connectivity index (χ4v) is 7.90. The Bertz CT molecular complexity index is 2210. The Morgan fingerprint density at radius 3 is 2.47 bits per heavy atom. The highest BCUT2D eigenvalue weighted by molar-refractivity contribution is 9.10. The van der Waals surface area contributed by atoms with Crippen molar-refractivity contribution in [1.82, 2.24) is 34.2 Å². The molecule has 5 aromatic rings. The molecule has 0 bridgehead atoms. The van der Waals surface area contributed by atoms with Crippen LogP contribution in [0.15, 0.2) is 94.6 Å². The number of hydrogen-bond donors (Lipinski definition) is 1. The van der Waals surface area contributed by atoms with E-state index in [1.807, 2.05) is 80.6 Å². The van der Waals surface area contributed by atoms with Crippen LogP contribution in [0.2, 0.25) is 0 Å². The van der Waals surface area contributed by atoms with Crippen LogP contribution in [0.1, 0.15) is 51.0 Å². The van der Waals surface area contributed by atoms with E-state index in [0.717, 1.165) is 52.2 Å². The summed E-state index contributed by atoms with van der Waals surface area (Å²) >= 11 is 3.53. The molecule has 2 amide bonds. The third-order valence-electron chi connectivity index (χ3n) is 10.9. The number of aromatic nitrogens is 4. The van der Waals surface area contributed by atoms with Crippen molar-refractivity contribution in [3.05, 3.63) is 128 Å². The summed E-state index contributed by atoms with van der Waals surface area (Å²) in [6.45, 7) is 7.56. The number of aryl methyl sites for hydroxylation is 1. The van der Waals surface area contributed by atoms with E-state index in [2.05, 4.69) is 48.1 Å². The van der Waals surface area contributed by atoms with Gasteiger partial charge in [-0.2, -0.15) is 0 Å². The minimum absolute atomic E-state index is 0.110. The molecule has 3 aliphatic heterocycles. The number of halogens is 1. The maximum Gasteiger partial charge on any atom is 0.333 e. The number of nitrogens with zero attached hydrogens (tertiary/aromatic N) is 7. The first kappa shape index (κ1) is 33.1. The highest BCUT2D eigenvalue weighted by Gasteiger charge is 2.51. The van der Waals surface area contributed by atoms with Gasteiger partial charge in [0.25, 0.3) is 11.8 Å². The second-order valence-corrected chi connectivity index (χ2v) is 14.8. The Morgan fingerprint density at radius 2 is 1.78 bits per heavy atom. The Hall–Kier alpha value is -5.07. The molecule has 2 aromatic heterocycles. The van der Waals surface area contributed by atoms with Crippen molar-refractivity contribution in [2.45, 2.75) is 51.5 Å². The van der Waals surface area contributed by atoms with E-state index in [-0.39, 0.29) is 48.5 Å². The van der Waals surface area contributed by atoms with Crippen molar-refractivity contribution in [2.24, 2.45) is 0 Å². The average Bonchev–Trinajstić information content (AvgIpc) is 3.41. The number of likely N-dealkylation sites (tertiary alicyclic amines) is 1. The maximum atomic E-state index is 14.4. The quantitative estimate of drug-likeness (QED) is 0.249. The zero-order chi connectivity index (χ0) is 35.4. The molecule has 260 valence electrons. The first-order valence-electron chi connectivity index (χ1n) is 17.2. The lowest BCUT2D eigenvalue weighted by atomic mass is 9.78. The first-order chi connectivity index (χ1) is 24.6. The highest BCUT2D eigenvalue weighted by Crippen LogP contribution is 2.40. The van der Waals surface area contributed by atoms with E-state index in [4.69, 9.17) is 0 Å². The van der Waals surface area contributed by atoms with Gasteiger partial charge in [0.15, 0.2) is 0 Å². The van der Waals surface area contributed by atoms with Crippen LogP contribution in [0.4, 0.5) is 5.69 Å². The number of amides is 2. The number of carbonyl (C=O) groups is 2. The third kappa shape index (κ3) is 5.76. The molecule has 5 heterocycles. The van der Waals surface area contributed by atoms with Crippen LogP contribution in [-0.2, 0) is 19.6 Å². The lowest BCUT2D eigenvalue weighted by Crippen LogP contribution is -2.75. The number of rotatable bonds is 7. The first-order valence-corrected chi connectivity index (χ1v) is 18.0. The Labute approximate surface area is 304 Å².